The fraction of sp³-hybridized carbons (Fsp3) is 0.333. The van der Waals surface area contributed by atoms with E-state index in [0.29, 0.717) is 0 Å². The Kier molecular flexibility index (Phi) is 6.87. The molecule has 4 nitrogen and oxygen atoms in total. The van der Waals surface area contributed by atoms with Crippen molar-refractivity contribution in [2.24, 2.45) is 7.05 Å². The molecule has 0 saturated heterocycles. The second-order valence-corrected chi connectivity index (χ2v) is 4.81. The van der Waals surface area contributed by atoms with Crippen molar-refractivity contribution in [3.05, 3.63) is 52.6 Å². The summed E-state index contributed by atoms with van der Waals surface area (Å²) in [6, 6.07) is 7.91. The molecule has 108 valence electrons. The van der Waals surface area contributed by atoms with E-state index in [1.165, 1.54) is 16.3 Å². The van der Waals surface area contributed by atoms with Crippen LogP contribution in [-0.4, -0.2) is 16.7 Å². The van der Waals surface area contributed by atoms with Crippen LogP contribution in [0.5, 0.6) is 5.75 Å². The summed E-state index contributed by atoms with van der Waals surface area (Å²) in [4.78, 5) is 15.3. The molecular weight excluding hydrogens is 272 g/mol. The topological polar surface area (TPSA) is 44.1 Å². The minimum atomic E-state index is -0.0937. The molecule has 0 atom stereocenters. The third kappa shape index (κ3) is 4.74. The van der Waals surface area contributed by atoms with Gasteiger partial charge in [-0.25, -0.2) is 4.98 Å². The zero-order valence-corrected chi connectivity index (χ0v) is 13.1. The standard InChI is InChI=1S/C13H14N2O2S.C2H6/c1-15-8-12(14-7-13(15)16)18-9-10-3-5-11(17-2)6-4-10;1-2/h3-8H,9H2,1-2H3;1-2H3. The lowest BCUT2D eigenvalue weighted by molar-refractivity contribution is 0.414. The molecule has 0 aliphatic heterocycles. The lowest BCUT2D eigenvalue weighted by Crippen LogP contribution is -2.15. The van der Waals surface area contributed by atoms with Gasteiger partial charge in [-0.3, -0.25) is 4.79 Å². The van der Waals surface area contributed by atoms with Gasteiger partial charge in [0.05, 0.1) is 13.3 Å². The van der Waals surface area contributed by atoms with Crippen LogP contribution in [0.4, 0.5) is 0 Å². The first kappa shape index (κ1) is 16.3. The molecule has 0 aliphatic carbocycles. The maximum atomic E-state index is 11.2. The van der Waals surface area contributed by atoms with Crippen LogP contribution in [0, 0.1) is 0 Å². The van der Waals surface area contributed by atoms with Crippen molar-refractivity contribution in [3.8, 4) is 5.75 Å². The SMILES string of the molecule is CC.COc1ccc(CSc2cn(C)c(=O)cn2)cc1. The van der Waals surface area contributed by atoms with Gasteiger partial charge in [-0.05, 0) is 17.7 Å². The van der Waals surface area contributed by atoms with Crippen LogP contribution in [0.3, 0.4) is 0 Å². The third-order valence-electron chi connectivity index (χ3n) is 2.50. The average Bonchev–Trinajstić information content (AvgIpc) is 2.51. The van der Waals surface area contributed by atoms with E-state index in [1.54, 1.807) is 32.1 Å². The van der Waals surface area contributed by atoms with E-state index in [9.17, 15) is 4.79 Å². The molecule has 0 saturated carbocycles. The number of benzene rings is 1. The normalized spacial score (nSPS) is 9.60. The molecular formula is C15H20N2O2S. The molecule has 0 unspecified atom stereocenters. The Morgan fingerprint density at radius 3 is 2.45 bits per heavy atom. The number of rotatable bonds is 4. The maximum Gasteiger partial charge on any atom is 0.268 e. The van der Waals surface area contributed by atoms with Gasteiger partial charge >= 0.3 is 0 Å². The number of methoxy groups -OCH3 is 1. The maximum absolute atomic E-state index is 11.2. The molecule has 0 amide bonds. The van der Waals surface area contributed by atoms with E-state index in [0.717, 1.165) is 16.5 Å². The van der Waals surface area contributed by atoms with Crippen molar-refractivity contribution in [2.75, 3.05) is 7.11 Å². The van der Waals surface area contributed by atoms with Crippen molar-refractivity contribution in [1.29, 1.82) is 0 Å². The summed E-state index contributed by atoms with van der Waals surface area (Å²) >= 11 is 1.60. The fourth-order valence-electron chi connectivity index (χ4n) is 1.43. The number of nitrogens with zero attached hydrogens (tertiary/aromatic N) is 2. The minimum absolute atomic E-state index is 0.0937. The van der Waals surface area contributed by atoms with Gasteiger partial charge in [0.1, 0.15) is 10.8 Å². The van der Waals surface area contributed by atoms with E-state index in [-0.39, 0.29) is 5.56 Å². The molecule has 20 heavy (non-hydrogen) atoms. The molecule has 0 N–H and O–H groups in total. The fourth-order valence-corrected chi connectivity index (χ4v) is 2.29. The van der Waals surface area contributed by atoms with Crippen LogP contribution in [0.25, 0.3) is 0 Å². The van der Waals surface area contributed by atoms with Crippen LogP contribution < -0.4 is 10.3 Å². The third-order valence-corrected chi connectivity index (χ3v) is 3.48. The molecule has 5 heteroatoms. The smallest absolute Gasteiger partial charge is 0.268 e. The van der Waals surface area contributed by atoms with Crippen LogP contribution in [-0.2, 0) is 12.8 Å². The van der Waals surface area contributed by atoms with Crippen molar-refractivity contribution < 1.29 is 4.74 Å². The zero-order valence-electron chi connectivity index (χ0n) is 12.3. The van der Waals surface area contributed by atoms with E-state index in [4.69, 9.17) is 4.74 Å². The number of hydrogen-bond donors (Lipinski definition) is 0. The van der Waals surface area contributed by atoms with Gasteiger partial charge in [-0.1, -0.05) is 26.0 Å². The van der Waals surface area contributed by atoms with Gasteiger partial charge < -0.3 is 9.30 Å². The predicted octanol–water partition coefficient (Wildman–Crippen LogP) is 3.11. The quantitative estimate of drug-likeness (QED) is 0.812. The number of aromatic nitrogens is 2. The predicted molar refractivity (Wildman–Crippen MR) is 83.4 cm³/mol. The van der Waals surface area contributed by atoms with Crippen molar-refractivity contribution in [2.45, 2.75) is 24.6 Å². The number of aryl methyl sites for hydroxylation is 1. The molecule has 1 aromatic carbocycles. The minimum Gasteiger partial charge on any atom is -0.497 e. The molecule has 0 radical (unpaired) electrons. The largest absolute Gasteiger partial charge is 0.497 e. The highest BCUT2D eigenvalue weighted by molar-refractivity contribution is 7.98. The Balaban J connectivity index is 0.000000956. The second-order valence-electron chi connectivity index (χ2n) is 3.81. The zero-order chi connectivity index (χ0) is 15.0. The van der Waals surface area contributed by atoms with Crippen LogP contribution in [0.1, 0.15) is 19.4 Å². The molecule has 0 spiro atoms. The van der Waals surface area contributed by atoms with Gasteiger partial charge in [0.25, 0.3) is 5.56 Å². The van der Waals surface area contributed by atoms with Crippen molar-refractivity contribution in [1.82, 2.24) is 9.55 Å². The molecule has 0 bridgehead atoms. The summed E-state index contributed by atoms with van der Waals surface area (Å²) in [5.41, 5.74) is 1.10. The highest BCUT2D eigenvalue weighted by Crippen LogP contribution is 2.21. The highest BCUT2D eigenvalue weighted by Gasteiger charge is 2.00. The first-order valence-electron chi connectivity index (χ1n) is 6.47. The monoisotopic (exact) mass is 292 g/mol. The van der Waals surface area contributed by atoms with Gasteiger partial charge in [0, 0.05) is 19.0 Å². The summed E-state index contributed by atoms with van der Waals surface area (Å²) < 4.78 is 6.63. The van der Waals surface area contributed by atoms with Gasteiger partial charge in [0.15, 0.2) is 0 Å². The summed E-state index contributed by atoms with van der Waals surface area (Å²) in [6.45, 7) is 4.00. The number of ether oxygens (including phenoxy) is 1. The first-order valence-corrected chi connectivity index (χ1v) is 7.46. The molecule has 2 rings (SSSR count). The molecule has 1 heterocycles. The van der Waals surface area contributed by atoms with E-state index in [1.807, 2.05) is 38.1 Å². The molecule has 0 aliphatic rings. The van der Waals surface area contributed by atoms with Crippen molar-refractivity contribution >= 4 is 11.8 Å². The highest BCUT2D eigenvalue weighted by atomic mass is 32.2. The molecule has 1 aromatic heterocycles. The Hall–Kier alpha value is -1.75. The van der Waals surface area contributed by atoms with Crippen LogP contribution in [0.15, 0.2) is 46.5 Å². The lowest BCUT2D eigenvalue weighted by atomic mass is 10.2. The van der Waals surface area contributed by atoms with E-state index < -0.39 is 0 Å². The Morgan fingerprint density at radius 2 is 1.90 bits per heavy atom. The first-order chi connectivity index (χ1) is 9.69. The van der Waals surface area contributed by atoms with Gasteiger partial charge in [-0.15, -0.1) is 11.8 Å². The summed E-state index contributed by atoms with van der Waals surface area (Å²) in [5, 5.41) is 0.841. The number of hydrogen-bond acceptors (Lipinski definition) is 4. The van der Waals surface area contributed by atoms with Gasteiger partial charge in [0.2, 0.25) is 0 Å². The lowest BCUT2D eigenvalue weighted by Gasteiger charge is -2.04. The Labute approximate surface area is 123 Å². The Morgan fingerprint density at radius 1 is 1.25 bits per heavy atom. The van der Waals surface area contributed by atoms with Crippen molar-refractivity contribution in [3.63, 3.8) is 0 Å². The summed E-state index contributed by atoms with van der Waals surface area (Å²) in [6.07, 6.45) is 3.09. The summed E-state index contributed by atoms with van der Waals surface area (Å²) in [5.74, 6) is 1.67. The van der Waals surface area contributed by atoms with E-state index >= 15 is 0 Å². The second kappa shape index (κ2) is 8.43. The average molecular weight is 292 g/mol. The Bertz CT molecular complexity index is 579. The molecule has 0 fully saturated rings. The molecule has 2 aromatic rings. The van der Waals surface area contributed by atoms with E-state index in [2.05, 4.69) is 4.98 Å². The van der Waals surface area contributed by atoms with Crippen LogP contribution >= 0.6 is 11.8 Å². The number of thioether (sulfide) groups is 1. The summed E-state index contributed by atoms with van der Waals surface area (Å²) in [7, 11) is 3.37. The van der Waals surface area contributed by atoms with Gasteiger partial charge in [-0.2, -0.15) is 0 Å². The van der Waals surface area contributed by atoms with Crippen LogP contribution in [0.2, 0.25) is 0 Å².